The molecule has 0 bridgehead atoms. The lowest BCUT2D eigenvalue weighted by atomic mass is 10.1. The number of amides is 1. The number of thioether (sulfide) groups is 1. The average Bonchev–Trinajstić information content (AvgIpc) is 3.17. The predicted molar refractivity (Wildman–Crippen MR) is 120 cm³/mol. The number of fused-ring (bicyclic) bond motifs is 1. The summed E-state index contributed by atoms with van der Waals surface area (Å²) >= 11 is 7.56. The third kappa shape index (κ3) is 4.27. The van der Waals surface area contributed by atoms with E-state index in [1.807, 2.05) is 43.5 Å². The van der Waals surface area contributed by atoms with E-state index in [0.29, 0.717) is 23.9 Å². The number of anilines is 1. The molecule has 4 rings (SSSR count). The van der Waals surface area contributed by atoms with Crippen molar-refractivity contribution in [3.63, 3.8) is 0 Å². The van der Waals surface area contributed by atoms with Crippen LogP contribution in [0.25, 0.3) is 11.3 Å². The maximum Gasteiger partial charge on any atom is 0.237 e. The number of hydrogen-bond donors (Lipinski definition) is 1. The van der Waals surface area contributed by atoms with Gasteiger partial charge in [0.1, 0.15) is 13.2 Å². The number of carbonyl (C=O) groups is 1. The first-order valence-corrected chi connectivity index (χ1v) is 11.0. The second kappa shape index (κ2) is 9.02. The number of nitrogens with one attached hydrogen (secondary N) is 1. The zero-order chi connectivity index (χ0) is 21.1. The molecule has 0 spiro atoms. The summed E-state index contributed by atoms with van der Waals surface area (Å²) in [4.78, 5) is 17.2. The van der Waals surface area contributed by atoms with Crippen LogP contribution in [-0.4, -0.2) is 33.9 Å². The molecule has 1 aromatic heterocycles. The molecule has 1 unspecified atom stereocenters. The van der Waals surface area contributed by atoms with Crippen LogP contribution < -0.4 is 14.8 Å². The number of hydrogen-bond acceptors (Lipinski definition) is 5. The maximum absolute atomic E-state index is 12.6. The lowest BCUT2D eigenvalue weighted by molar-refractivity contribution is -0.115. The van der Waals surface area contributed by atoms with E-state index >= 15 is 0 Å². The third-order valence-electron chi connectivity index (χ3n) is 4.76. The van der Waals surface area contributed by atoms with Crippen LogP contribution in [0.5, 0.6) is 11.5 Å². The fourth-order valence-electron chi connectivity index (χ4n) is 3.20. The average molecular weight is 444 g/mol. The van der Waals surface area contributed by atoms with Gasteiger partial charge in [-0.15, -0.1) is 0 Å². The van der Waals surface area contributed by atoms with E-state index in [-0.39, 0.29) is 11.2 Å². The molecule has 1 aliphatic rings. The summed E-state index contributed by atoms with van der Waals surface area (Å²) in [6.45, 7) is 5.75. The van der Waals surface area contributed by atoms with Gasteiger partial charge in [0.15, 0.2) is 16.7 Å². The zero-order valence-corrected chi connectivity index (χ0v) is 18.3. The first kappa shape index (κ1) is 20.6. The second-order valence-corrected chi connectivity index (χ2v) is 8.47. The normalized spacial score (nSPS) is 13.7. The highest BCUT2D eigenvalue weighted by molar-refractivity contribution is 8.00. The Labute approximate surface area is 184 Å². The molecule has 2 aromatic carbocycles. The summed E-state index contributed by atoms with van der Waals surface area (Å²) in [5, 5.41) is 3.83. The Morgan fingerprint density at radius 1 is 1.23 bits per heavy atom. The van der Waals surface area contributed by atoms with Gasteiger partial charge in [-0.2, -0.15) is 0 Å². The summed E-state index contributed by atoms with van der Waals surface area (Å²) in [6.07, 6.45) is 1.83. The fraction of sp³-hybridized carbons (Fsp3) is 0.273. The standard InChI is InChI=1S/C22H22ClN3O3S/c1-3-26-18(15-8-9-19-20(12-15)29-11-10-28-19)13-24-22(26)30-14(2)21(27)25-17-7-5-4-6-16(17)23/h4-9,12-14H,3,10-11H2,1-2H3,(H,25,27). The number of ether oxygens (including phenoxy) is 2. The van der Waals surface area contributed by atoms with E-state index in [0.717, 1.165) is 34.5 Å². The summed E-state index contributed by atoms with van der Waals surface area (Å²) < 4.78 is 13.4. The monoisotopic (exact) mass is 443 g/mol. The molecule has 1 aliphatic heterocycles. The SMILES string of the molecule is CCn1c(-c2ccc3c(c2)OCCO3)cnc1SC(C)C(=O)Nc1ccccc1Cl. The lowest BCUT2D eigenvalue weighted by Gasteiger charge is -2.19. The Morgan fingerprint density at radius 3 is 2.77 bits per heavy atom. The van der Waals surface area contributed by atoms with Crippen LogP contribution in [0.3, 0.4) is 0 Å². The zero-order valence-electron chi connectivity index (χ0n) is 16.7. The fourth-order valence-corrected chi connectivity index (χ4v) is 4.33. The lowest BCUT2D eigenvalue weighted by Crippen LogP contribution is -2.23. The van der Waals surface area contributed by atoms with Crippen molar-refractivity contribution in [1.29, 1.82) is 0 Å². The number of halogens is 1. The second-order valence-electron chi connectivity index (χ2n) is 6.76. The van der Waals surface area contributed by atoms with Crippen LogP contribution in [-0.2, 0) is 11.3 Å². The summed E-state index contributed by atoms with van der Waals surface area (Å²) in [5.74, 6) is 1.37. The molecule has 1 atom stereocenters. The van der Waals surface area contributed by atoms with Crippen LogP contribution in [0.4, 0.5) is 5.69 Å². The number of rotatable bonds is 6. The molecular weight excluding hydrogens is 422 g/mol. The molecule has 3 aromatic rings. The van der Waals surface area contributed by atoms with E-state index in [2.05, 4.69) is 21.8 Å². The van der Waals surface area contributed by atoms with Crippen LogP contribution in [0.15, 0.2) is 53.8 Å². The smallest absolute Gasteiger partial charge is 0.237 e. The number of para-hydroxylation sites is 1. The van der Waals surface area contributed by atoms with E-state index in [4.69, 9.17) is 21.1 Å². The molecule has 1 N–H and O–H groups in total. The van der Waals surface area contributed by atoms with Crippen molar-refractivity contribution in [3.8, 4) is 22.8 Å². The molecule has 0 saturated heterocycles. The van der Waals surface area contributed by atoms with Crippen LogP contribution in [0.2, 0.25) is 5.02 Å². The number of aromatic nitrogens is 2. The molecule has 0 saturated carbocycles. The largest absolute Gasteiger partial charge is 0.486 e. The van der Waals surface area contributed by atoms with Gasteiger partial charge in [0.05, 0.1) is 27.9 Å². The molecule has 30 heavy (non-hydrogen) atoms. The van der Waals surface area contributed by atoms with Crippen molar-refractivity contribution < 1.29 is 14.3 Å². The quantitative estimate of drug-likeness (QED) is 0.536. The van der Waals surface area contributed by atoms with E-state index in [1.165, 1.54) is 11.8 Å². The summed E-state index contributed by atoms with van der Waals surface area (Å²) in [6, 6.07) is 13.1. The Morgan fingerprint density at radius 2 is 2.00 bits per heavy atom. The highest BCUT2D eigenvalue weighted by Gasteiger charge is 2.21. The van der Waals surface area contributed by atoms with Gasteiger partial charge < -0.3 is 19.4 Å². The highest BCUT2D eigenvalue weighted by atomic mass is 35.5. The molecule has 2 heterocycles. The summed E-state index contributed by atoms with van der Waals surface area (Å²) in [7, 11) is 0. The van der Waals surface area contributed by atoms with Gasteiger partial charge in [-0.3, -0.25) is 4.79 Å². The van der Waals surface area contributed by atoms with Gasteiger partial charge in [-0.05, 0) is 44.2 Å². The molecule has 0 fully saturated rings. The predicted octanol–water partition coefficient (Wildman–Crippen LogP) is 5.11. The minimum absolute atomic E-state index is 0.125. The van der Waals surface area contributed by atoms with Gasteiger partial charge >= 0.3 is 0 Å². The van der Waals surface area contributed by atoms with Gasteiger partial charge in [0, 0.05) is 12.1 Å². The molecule has 0 radical (unpaired) electrons. The first-order chi connectivity index (χ1) is 14.6. The third-order valence-corrected chi connectivity index (χ3v) is 6.19. The minimum atomic E-state index is -0.345. The van der Waals surface area contributed by atoms with Gasteiger partial charge in [0.2, 0.25) is 5.91 Å². The van der Waals surface area contributed by atoms with Gasteiger partial charge in [-0.25, -0.2) is 4.98 Å². The topological polar surface area (TPSA) is 65.4 Å². The minimum Gasteiger partial charge on any atom is -0.486 e. The maximum atomic E-state index is 12.6. The van der Waals surface area contributed by atoms with Gasteiger partial charge in [0.25, 0.3) is 0 Å². The number of carbonyl (C=O) groups excluding carboxylic acids is 1. The van der Waals surface area contributed by atoms with Crippen LogP contribution in [0, 0.1) is 0 Å². The van der Waals surface area contributed by atoms with Crippen molar-refractivity contribution in [2.75, 3.05) is 18.5 Å². The molecule has 1 amide bonds. The van der Waals surface area contributed by atoms with Crippen molar-refractivity contribution >= 4 is 35.0 Å². The molecule has 0 aliphatic carbocycles. The van der Waals surface area contributed by atoms with Crippen molar-refractivity contribution in [2.24, 2.45) is 0 Å². The Hall–Kier alpha value is -2.64. The van der Waals surface area contributed by atoms with E-state index in [1.54, 1.807) is 12.1 Å². The molecule has 156 valence electrons. The van der Waals surface area contributed by atoms with E-state index in [9.17, 15) is 4.79 Å². The molecule has 8 heteroatoms. The number of nitrogens with zero attached hydrogens (tertiary/aromatic N) is 2. The van der Waals surface area contributed by atoms with Gasteiger partial charge in [-0.1, -0.05) is 35.5 Å². The van der Waals surface area contributed by atoms with Crippen molar-refractivity contribution in [3.05, 3.63) is 53.7 Å². The summed E-state index contributed by atoms with van der Waals surface area (Å²) in [5.41, 5.74) is 2.57. The van der Waals surface area contributed by atoms with Crippen LogP contribution in [0.1, 0.15) is 13.8 Å². The highest BCUT2D eigenvalue weighted by Crippen LogP contribution is 2.36. The van der Waals surface area contributed by atoms with Crippen LogP contribution >= 0.6 is 23.4 Å². The molecular formula is C22H22ClN3O3S. The Kier molecular flexibility index (Phi) is 6.20. The Bertz CT molecular complexity index is 1070. The van der Waals surface area contributed by atoms with Crippen molar-refractivity contribution in [1.82, 2.24) is 9.55 Å². The Balaban J connectivity index is 1.52. The van der Waals surface area contributed by atoms with E-state index < -0.39 is 0 Å². The molecule has 6 nitrogen and oxygen atoms in total. The number of benzene rings is 2. The first-order valence-electron chi connectivity index (χ1n) is 9.74. The van der Waals surface area contributed by atoms with Crippen molar-refractivity contribution in [2.45, 2.75) is 30.8 Å². The number of imidazole rings is 1.